The topological polar surface area (TPSA) is 70.2 Å². The van der Waals surface area contributed by atoms with Gasteiger partial charge in [0.1, 0.15) is 18.4 Å². The van der Waals surface area contributed by atoms with Crippen LogP contribution in [0.15, 0.2) is 30.3 Å². The molecule has 3 amide bonds. The van der Waals surface area contributed by atoms with Crippen LogP contribution in [0.25, 0.3) is 0 Å². The van der Waals surface area contributed by atoms with Crippen molar-refractivity contribution in [1.82, 2.24) is 14.7 Å². The van der Waals surface area contributed by atoms with Crippen molar-refractivity contribution in [2.24, 2.45) is 0 Å². The highest BCUT2D eigenvalue weighted by atomic mass is 16.5. The van der Waals surface area contributed by atoms with Crippen LogP contribution >= 0.6 is 0 Å². The van der Waals surface area contributed by atoms with Gasteiger partial charge in [-0.15, -0.1) is 0 Å². The Morgan fingerprint density at radius 3 is 2.44 bits per heavy atom. The molecule has 1 aromatic rings. The Balaban J connectivity index is 1.44. The molecule has 2 saturated heterocycles. The van der Waals surface area contributed by atoms with E-state index in [0.717, 1.165) is 18.7 Å². The predicted octanol–water partition coefficient (Wildman–Crippen LogP) is 1.14. The lowest BCUT2D eigenvalue weighted by Gasteiger charge is -2.38. The number of para-hydroxylation sites is 1. The molecular formula is C20H27N3O4. The second-order valence-corrected chi connectivity index (χ2v) is 7.02. The standard InChI is InChI=1S/C20H27N3O4/c1-16-20(26)22(12-6-11-21-10-5-9-18(21)24)15-19(25)23(16)13-14-27-17-7-3-2-4-8-17/h2-4,7-8,16H,5-6,9-15H2,1H3/t16-/m0/s1. The average Bonchev–Trinajstić information content (AvgIpc) is 3.08. The summed E-state index contributed by atoms with van der Waals surface area (Å²) in [4.78, 5) is 41.8. The second kappa shape index (κ2) is 8.88. The van der Waals surface area contributed by atoms with Gasteiger partial charge in [-0.1, -0.05) is 18.2 Å². The molecule has 1 atom stereocenters. The van der Waals surface area contributed by atoms with Crippen LogP contribution in [0.3, 0.4) is 0 Å². The van der Waals surface area contributed by atoms with E-state index in [0.29, 0.717) is 39.1 Å². The minimum Gasteiger partial charge on any atom is -0.492 e. The number of carbonyl (C=O) groups is 3. The molecule has 2 fully saturated rings. The molecule has 7 heteroatoms. The van der Waals surface area contributed by atoms with Gasteiger partial charge in [0.2, 0.25) is 17.7 Å². The summed E-state index contributed by atoms with van der Waals surface area (Å²) in [5, 5.41) is 0. The van der Waals surface area contributed by atoms with Crippen LogP contribution in [0.5, 0.6) is 5.75 Å². The van der Waals surface area contributed by atoms with Gasteiger partial charge in [-0.25, -0.2) is 0 Å². The van der Waals surface area contributed by atoms with Gasteiger partial charge in [-0.2, -0.15) is 0 Å². The van der Waals surface area contributed by atoms with Gasteiger partial charge in [0.05, 0.1) is 13.1 Å². The van der Waals surface area contributed by atoms with Gasteiger partial charge in [0.25, 0.3) is 0 Å². The van der Waals surface area contributed by atoms with Gasteiger partial charge >= 0.3 is 0 Å². The quantitative estimate of drug-likeness (QED) is 0.685. The monoisotopic (exact) mass is 373 g/mol. The Labute approximate surface area is 159 Å². The first-order valence-corrected chi connectivity index (χ1v) is 9.60. The van der Waals surface area contributed by atoms with E-state index in [-0.39, 0.29) is 24.3 Å². The van der Waals surface area contributed by atoms with Crippen molar-refractivity contribution >= 4 is 17.7 Å². The fourth-order valence-electron chi connectivity index (χ4n) is 3.62. The van der Waals surface area contributed by atoms with Gasteiger partial charge < -0.3 is 19.4 Å². The second-order valence-electron chi connectivity index (χ2n) is 7.02. The van der Waals surface area contributed by atoms with E-state index < -0.39 is 6.04 Å². The number of benzene rings is 1. The van der Waals surface area contributed by atoms with Crippen molar-refractivity contribution in [3.63, 3.8) is 0 Å². The summed E-state index contributed by atoms with van der Waals surface area (Å²) in [5.74, 6) is 0.839. The Bertz CT molecular complexity index is 679. The molecule has 146 valence electrons. The number of nitrogens with zero attached hydrogens (tertiary/aromatic N) is 3. The highest BCUT2D eigenvalue weighted by Crippen LogP contribution is 2.15. The number of piperazine rings is 1. The van der Waals surface area contributed by atoms with Crippen molar-refractivity contribution in [1.29, 1.82) is 0 Å². The number of ether oxygens (including phenoxy) is 1. The molecule has 27 heavy (non-hydrogen) atoms. The minimum absolute atomic E-state index is 0.0398. The first-order valence-electron chi connectivity index (χ1n) is 9.60. The normalized spacial score (nSPS) is 20.6. The summed E-state index contributed by atoms with van der Waals surface area (Å²) < 4.78 is 5.64. The highest BCUT2D eigenvalue weighted by molar-refractivity contribution is 5.94. The molecular weight excluding hydrogens is 346 g/mol. The SMILES string of the molecule is C[C@H]1C(=O)N(CCCN2CCCC2=O)CC(=O)N1CCOc1ccccc1. The highest BCUT2D eigenvalue weighted by Gasteiger charge is 2.36. The molecule has 0 spiro atoms. The average molecular weight is 373 g/mol. The Morgan fingerprint density at radius 1 is 1.00 bits per heavy atom. The minimum atomic E-state index is -0.487. The third kappa shape index (κ3) is 4.78. The number of amides is 3. The molecule has 0 aromatic heterocycles. The summed E-state index contributed by atoms with van der Waals surface area (Å²) in [5.41, 5.74) is 0. The van der Waals surface area contributed by atoms with Crippen LogP contribution in [-0.4, -0.2) is 77.8 Å². The first-order chi connectivity index (χ1) is 13.1. The molecule has 0 aliphatic carbocycles. The molecule has 7 nitrogen and oxygen atoms in total. The fourth-order valence-corrected chi connectivity index (χ4v) is 3.62. The summed E-state index contributed by atoms with van der Waals surface area (Å²) in [6.07, 6.45) is 2.24. The lowest BCUT2D eigenvalue weighted by atomic mass is 10.1. The zero-order chi connectivity index (χ0) is 19.2. The van der Waals surface area contributed by atoms with E-state index in [9.17, 15) is 14.4 Å². The summed E-state index contributed by atoms with van der Waals surface area (Å²) in [7, 11) is 0. The van der Waals surface area contributed by atoms with Crippen LogP contribution in [0, 0.1) is 0 Å². The molecule has 0 saturated carbocycles. The van der Waals surface area contributed by atoms with Crippen LogP contribution < -0.4 is 4.74 Å². The Hall–Kier alpha value is -2.57. The Morgan fingerprint density at radius 2 is 1.74 bits per heavy atom. The maximum Gasteiger partial charge on any atom is 0.245 e. The number of rotatable bonds is 8. The molecule has 1 aromatic carbocycles. The molecule has 2 aliphatic rings. The molecule has 0 radical (unpaired) electrons. The zero-order valence-electron chi connectivity index (χ0n) is 15.8. The fraction of sp³-hybridized carbons (Fsp3) is 0.550. The third-order valence-electron chi connectivity index (χ3n) is 5.15. The molecule has 2 heterocycles. The van der Waals surface area contributed by atoms with Crippen molar-refractivity contribution < 1.29 is 19.1 Å². The van der Waals surface area contributed by atoms with Crippen LogP contribution in [-0.2, 0) is 14.4 Å². The van der Waals surface area contributed by atoms with Gasteiger partial charge in [-0.3, -0.25) is 14.4 Å². The smallest absolute Gasteiger partial charge is 0.245 e. The number of hydrogen-bond acceptors (Lipinski definition) is 4. The van der Waals surface area contributed by atoms with Crippen molar-refractivity contribution in [3.8, 4) is 5.75 Å². The van der Waals surface area contributed by atoms with E-state index in [1.807, 2.05) is 35.2 Å². The van der Waals surface area contributed by atoms with E-state index in [1.165, 1.54) is 0 Å². The maximum atomic E-state index is 12.6. The van der Waals surface area contributed by atoms with Crippen molar-refractivity contribution in [2.75, 3.05) is 39.3 Å². The molecule has 3 rings (SSSR count). The largest absolute Gasteiger partial charge is 0.492 e. The molecule has 0 unspecified atom stereocenters. The predicted molar refractivity (Wildman–Crippen MR) is 100 cm³/mol. The number of hydrogen-bond donors (Lipinski definition) is 0. The lowest BCUT2D eigenvalue weighted by Crippen LogP contribution is -2.59. The van der Waals surface area contributed by atoms with Crippen molar-refractivity contribution in [3.05, 3.63) is 30.3 Å². The Kier molecular flexibility index (Phi) is 6.32. The molecule has 2 aliphatic heterocycles. The van der Waals surface area contributed by atoms with E-state index in [2.05, 4.69) is 0 Å². The summed E-state index contributed by atoms with van der Waals surface area (Å²) >= 11 is 0. The van der Waals surface area contributed by atoms with E-state index in [4.69, 9.17) is 4.74 Å². The van der Waals surface area contributed by atoms with E-state index in [1.54, 1.807) is 16.7 Å². The summed E-state index contributed by atoms with van der Waals surface area (Å²) in [6, 6.07) is 8.93. The van der Waals surface area contributed by atoms with Crippen LogP contribution in [0.4, 0.5) is 0 Å². The van der Waals surface area contributed by atoms with Crippen LogP contribution in [0.2, 0.25) is 0 Å². The molecule has 0 bridgehead atoms. The molecule has 0 N–H and O–H groups in total. The van der Waals surface area contributed by atoms with Gasteiger partial charge in [0, 0.05) is 26.1 Å². The van der Waals surface area contributed by atoms with Gasteiger partial charge in [-0.05, 0) is 31.9 Å². The third-order valence-corrected chi connectivity index (χ3v) is 5.15. The summed E-state index contributed by atoms with van der Waals surface area (Å²) in [6.45, 7) is 4.56. The van der Waals surface area contributed by atoms with Gasteiger partial charge in [0.15, 0.2) is 0 Å². The number of carbonyl (C=O) groups excluding carboxylic acids is 3. The maximum absolute atomic E-state index is 12.6. The lowest BCUT2D eigenvalue weighted by molar-refractivity contribution is -0.155. The first kappa shape index (κ1) is 19.2. The zero-order valence-corrected chi connectivity index (χ0v) is 15.8. The number of likely N-dealkylation sites (tertiary alicyclic amines) is 1. The van der Waals surface area contributed by atoms with Crippen LogP contribution in [0.1, 0.15) is 26.2 Å². The van der Waals surface area contributed by atoms with E-state index >= 15 is 0 Å². The van der Waals surface area contributed by atoms with Crippen molar-refractivity contribution in [2.45, 2.75) is 32.2 Å².